The largest absolute Gasteiger partial charge is 0.390 e. The number of alkyl halides is 3. The van der Waals surface area contributed by atoms with Gasteiger partial charge in [-0.25, -0.2) is 0 Å². The fourth-order valence-corrected chi connectivity index (χ4v) is 1.04. The number of halogens is 3. The van der Waals surface area contributed by atoms with E-state index in [-0.39, 0.29) is 6.04 Å². The molecule has 0 aromatic rings. The third kappa shape index (κ3) is 6.21. The van der Waals surface area contributed by atoms with Gasteiger partial charge in [0.25, 0.3) is 0 Å². The van der Waals surface area contributed by atoms with E-state index in [0.29, 0.717) is 0 Å². The van der Waals surface area contributed by atoms with Crippen molar-refractivity contribution in [1.82, 2.24) is 5.32 Å². The smallest absolute Gasteiger partial charge is 0.389 e. The molecule has 0 amide bonds. The van der Waals surface area contributed by atoms with Crippen LogP contribution < -0.4 is 5.32 Å². The highest BCUT2D eigenvalue weighted by Gasteiger charge is 2.32. The molecule has 0 rings (SSSR count). The van der Waals surface area contributed by atoms with Crippen molar-refractivity contribution in [3.8, 4) is 0 Å². The van der Waals surface area contributed by atoms with Gasteiger partial charge in [-0.2, -0.15) is 13.2 Å². The molecule has 86 valence electrons. The van der Waals surface area contributed by atoms with Gasteiger partial charge in [-0.15, -0.1) is 0 Å². The minimum Gasteiger partial charge on any atom is -0.389 e. The van der Waals surface area contributed by atoms with Crippen molar-refractivity contribution in [2.24, 2.45) is 0 Å². The summed E-state index contributed by atoms with van der Waals surface area (Å²) < 4.78 is 35.9. The average molecular weight is 213 g/mol. The second kappa shape index (κ2) is 4.49. The first-order valence-corrected chi connectivity index (χ1v) is 4.57. The van der Waals surface area contributed by atoms with Crippen LogP contribution in [0.4, 0.5) is 13.2 Å². The number of rotatable bonds is 4. The van der Waals surface area contributed by atoms with E-state index < -0.39 is 24.2 Å². The molecule has 2 N–H and O–H groups in total. The van der Waals surface area contributed by atoms with Crippen molar-refractivity contribution in [3.63, 3.8) is 0 Å². The molecule has 0 spiro atoms. The van der Waals surface area contributed by atoms with Gasteiger partial charge < -0.3 is 10.4 Å². The van der Waals surface area contributed by atoms with Crippen LogP contribution in [0.25, 0.3) is 0 Å². The molecular weight excluding hydrogens is 195 g/mol. The summed E-state index contributed by atoms with van der Waals surface area (Å²) in [6, 6.07) is -1.06. The van der Waals surface area contributed by atoms with Crippen LogP contribution in [-0.4, -0.2) is 29.0 Å². The highest BCUT2D eigenvalue weighted by atomic mass is 19.4. The molecule has 14 heavy (non-hydrogen) atoms. The molecule has 0 aromatic heterocycles. The number of hydrogen-bond donors (Lipinski definition) is 2. The molecular formula is C9H18F3NO. The Morgan fingerprint density at radius 2 is 1.64 bits per heavy atom. The van der Waals surface area contributed by atoms with Gasteiger partial charge in [-0.3, -0.25) is 0 Å². The molecule has 0 fully saturated rings. The lowest BCUT2D eigenvalue weighted by Gasteiger charge is -2.30. The fourth-order valence-electron chi connectivity index (χ4n) is 1.04. The van der Waals surface area contributed by atoms with Crippen molar-refractivity contribution in [2.45, 2.75) is 58.0 Å². The molecule has 5 heteroatoms. The van der Waals surface area contributed by atoms with E-state index in [9.17, 15) is 18.3 Å². The second-order valence-corrected chi connectivity index (χ2v) is 4.26. The molecule has 0 aliphatic carbocycles. The normalized spacial score (nSPS) is 18.0. The Morgan fingerprint density at radius 3 is 1.93 bits per heavy atom. The van der Waals surface area contributed by atoms with E-state index in [0.717, 1.165) is 0 Å². The van der Waals surface area contributed by atoms with E-state index in [2.05, 4.69) is 5.32 Å². The Labute approximate surface area is 82.5 Å². The summed E-state index contributed by atoms with van der Waals surface area (Å²) in [5, 5.41) is 12.2. The van der Waals surface area contributed by atoms with Gasteiger partial charge in [0.15, 0.2) is 0 Å². The Morgan fingerprint density at radius 1 is 1.21 bits per heavy atom. The minimum absolute atomic E-state index is 0.375. The molecule has 2 nitrogen and oxygen atoms in total. The van der Waals surface area contributed by atoms with Crippen molar-refractivity contribution in [2.75, 3.05) is 0 Å². The van der Waals surface area contributed by atoms with Gasteiger partial charge >= 0.3 is 6.18 Å². The highest BCUT2D eigenvalue weighted by molar-refractivity contribution is 4.82. The van der Waals surface area contributed by atoms with E-state index in [1.54, 1.807) is 20.8 Å². The SMILES string of the molecule is CC(CC(F)(F)F)NC(C)C(C)(C)O. The Balaban J connectivity index is 4.01. The van der Waals surface area contributed by atoms with E-state index in [1.807, 2.05) is 0 Å². The Kier molecular flexibility index (Phi) is 4.39. The zero-order valence-corrected chi connectivity index (χ0v) is 8.94. The summed E-state index contributed by atoms with van der Waals surface area (Å²) in [4.78, 5) is 0. The molecule has 0 saturated heterocycles. The van der Waals surface area contributed by atoms with Crippen molar-refractivity contribution >= 4 is 0 Å². The minimum atomic E-state index is -4.16. The van der Waals surface area contributed by atoms with Crippen molar-refractivity contribution in [1.29, 1.82) is 0 Å². The van der Waals surface area contributed by atoms with E-state index in [1.165, 1.54) is 6.92 Å². The monoisotopic (exact) mass is 213 g/mol. The van der Waals surface area contributed by atoms with Crippen molar-refractivity contribution < 1.29 is 18.3 Å². The zero-order chi connectivity index (χ0) is 11.6. The lowest BCUT2D eigenvalue weighted by Crippen LogP contribution is -2.49. The van der Waals surface area contributed by atoms with Crippen LogP contribution in [0.1, 0.15) is 34.1 Å². The molecule has 2 atom stereocenters. The summed E-state index contributed by atoms with van der Waals surface area (Å²) in [5.41, 5.74) is -1.01. The van der Waals surface area contributed by atoms with Gasteiger partial charge in [0, 0.05) is 12.1 Å². The molecule has 0 aliphatic rings. The quantitative estimate of drug-likeness (QED) is 0.749. The maximum absolute atomic E-state index is 12.0. The summed E-state index contributed by atoms with van der Waals surface area (Å²) in [6.07, 6.45) is -5.04. The summed E-state index contributed by atoms with van der Waals surface area (Å²) in [6.45, 7) is 6.23. The fraction of sp³-hybridized carbons (Fsp3) is 1.00. The van der Waals surface area contributed by atoms with Crippen LogP contribution >= 0.6 is 0 Å². The zero-order valence-electron chi connectivity index (χ0n) is 8.94. The summed E-state index contributed by atoms with van der Waals surface area (Å²) in [7, 11) is 0. The lowest BCUT2D eigenvalue weighted by molar-refractivity contribution is -0.140. The molecule has 0 saturated carbocycles. The maximum Gasteiger partial charge on any atom is 0.390 e. The second-order valence-electron chi connectivity index (χ2n) is 4.26. The molecule has 0 bridgehead atoms. The number of aliphatic hydroxyl groups is 1. The molecule has 0 aromatic carbocycles. The first-order chi connectivity index (χ1) is 6.02. The first-order valence-electron chi connectivity index (χ1n) is 4.57. The van der Waals surface area contributed by atoms with Crippen LogP contribution in [0.2, 0.25) is 0 Å². The number of nitrogens with one attached hydrogen (secondary N) is 1. The molecule has 2 unspecified atom stereocenters. The van der Waals surface area contributed by atoms with Gasteiger partial charge in [-0.1, -0.05) is 0 Å². The van der Waals surface area contributed by atoms with Gasteiger partial charge in [0.1, 0.15) is 0 Å². The molecule has 0 heterocycles. The van der Waals surface area contributed by atoms with E-state index >= 15 is 0 Å². The standard InChI is InChI=1S/C9H18F3NO/c1-6(5-9(10,11)12)13-7(2)8(3,4)14/h6-7,13-14H,5H2,1-4H3. The van der Waals surface area contributed by atoms with Crippen molar-refractivity contribution in [3.05, 3.63) is 0 Å². The highest BCUT2D eigenvalue weighted by Crippen LogP contribution is 2.22. The number of hydrogen-bond acceptors (Lipinski definition) is 2. The Hall–Kier alpha value is -0.290. The molecule has 0 radical (unpaired) electrons. The van der Waals surface area contributed by atoms with E-state index in [4.69, 9.17) is 0 Å². The summed E-state index contributed by atoms with van der Waals surface area (Å²) in [5.74, 6) is 0. The third-order valence-electron chi connectivity index (χ3n) is 2.13. The first kappa shape index (κ1) is 13.7. The van der Waals surface area contributed by atoms with Gasteiger partial charge in [0.2, 0.25) is 0 Å². The third-order valence-corrected chi connectivity index (χ3v) is 2.13. The summed E-state index contributed by atoms with van der Waals surface area (Å²) >= 11 is 0. The van der Waals surface area contributed by atoms with Crippen LogP contribution in [0, 0.1) is 0 Å². The maximum atomic E-state index is 12.0. The average Bonchev–Trinajstić information content (AvgIpc) is 1.79. The molecule has 0 aliphatic heterocycles. The van der Waals surface area contributed by atoms with Crippen LogP contribution in [0.3, 0.4) is 0 Å². The van der Waals surface area contributed by atoms with Gasteiger partial charge in [0.05, 0.1) is 12.0 Å². The van der Waals surface area contributed by atoms with Crippen LogP contribution in [-0.2, 0) is 0 Å². The van der Waals surface area contributed by atoms with Gasteiger partial charge in [-0.05, 0) is 27.7 Å². The van der Waals surface area contributed by atoms with Crippen LogP contribution in [0.5, 0.6) is 0 Å². The topological polar surface area (TPSA) is 32.3 Å². The predicted octanol–water partition coefficient (Wildman–Crippen LogP) is 2.08. The Bertz CT molecular complexity index is 174. The van der Waals surface area contributed by atoms with Crippen LogP contribution in [0.15, 0.2) is 0 Å². The predicted molar refractivity (Wildman–Crippen MR) is 49.0 cm³/mol. The lowest BCUT2D eigenvalue weighted by atomic mass is 9.99.